The third kappa shape index (κ3) is 6.20. The van der Waals surface area contributed by atoms with Gasteiger partial charge in [-0.2, -0.15) is 0 Å². The number of ether oxygens (including phenoxy) is 1. The van der Waals surface area contributed by atoms with Gasteiger partial charge in [0.15, 0.2) is 0 Å². The second-order valence-electron chi connectivity index (χ2n) is 6.35. The normalized spacial score (nSPS) is 10.4. The second kappa shape index (κ2) is 10.5. The van der Waals surface area contributed by atoms with Crippen molar-refractivity contribution in [3.05, 3.63) is 48.0 Å². The van der Waals surface area contributed by atoms with Crippen molar-refractivity contribution in [3.63, 3.8) is 0 Å². The number of nitrogens with one attached hydrogen (secondary N) is 2. The smallest absolute Gasteiger partial charge is 0.226 e. The maximum absolute atomic E-state index is 12.2. The van der Waals surface area contributed by atoms with Crippen LogP contribution in [-0.4, -0.2) is 32.1 Å². The zero-order valence-corrected chi connectivity index (χ0v) is 16.8. The van der Waals surface area contributed by atoms with E-state index in [4.69, 9.17) is 4.74 Å². The average molecular weight is 370 g/mol. The molecule has 0 spiro atoms. The molecule has 1 amide bonds. The molecule has 0 bridgehead atoms. The van der Waals surface area contributed by atoms with Gasteiger partial charge in [-0.3, -0.25) is 4.79 Å². The van der Waals surface area contributed by atoms with Crippen molar-refractivity contribution in [3.8, 4) is 5.75 Å². The number of rotatable bonds is 10. The van der Waals surface area contributed by atoms with E-state index in [0.29, 0.717) is 19.6 Å². The molecule has 0 aliphatic carbocycles. The van der Waals surface area contributed by atoms with Gasteiger partial charge in [-0.25, -0.2) is 0 Å². The largest absolute Gasteiger partial charge is 0.494 e. The maximum Gasteiger partial charge on any atom is 0.226 e. The van der Waals surface area contributed by atoms with Crippen molar-refractivity contribution in [1.29, 1.82) is 0 Å². The number of nitrogens with zero attached hydrogens (tertiary/aromatic N) is 1. The Morgan fingerprint density at radius 3 is 2.33 bits per heavy atom. The van der Waals surface area contributed by atoms with E-state index in [9.17, 15) is 4.79 Å². The molecule has 5 nitrogen and oxygen atoms in total. The molecule has 146 valence electrons. The number of hydrogen-bond donors (Lipinski definition) is 2. The van der Waals surface area contributed by atoms with Gasteiger partial charge in [0.1, 0.15) is 5.75 Å². The molecule has 0 aliphatic heterocycles. The average Bonchev–Trinajstić information content (AvgIpc) is 2.66. The molecule has 27 heavy (non-hydrogen) atoms. The van der Waals surface area contributed by atoms with Gasteiger partial charge in [0, 0.05) is 43.1 Å². The Balaban J connectivity index is 1.83. The summed E-state index contributed by atoms with van der Waals surface area (Å²) in [4.78, 5) is 14.5. The van der Waals surface area contributed by atoms with Crippen LogP contribution < -0.4 is 20.3 Å². The van der Waals surface area contributed by atoms with Crippen LogP contribution in [0.1, 0.15) is 32.8 Å². The van der Waals surface area contributed by atoms with Crippen LogP contribution in [0.15, 0.2) is 42.5 Å². The second-order valence-corrected chi connectivity index (χ2v) is 6.35. The first kappa shape index (κ1) is 20.6. The zero-order valence-electron chi connectivity index (χ0n) is 16.8. The summed E-state index contributed by atoms with van der Waals surface area (Å²) in [7, 11) is 0. The lowest BCUT2D eigenvalue weighted by Gasteiger charge is -2.22. The fourth-order valence-corrected chi connectivity index (χ4v) is 2.94. The van der Waals surface area contributed by atoms with Gasteiger partial charge < -0.3 is 20.3 Å². The Labute approximate surface area is 162 Å². The zero-order chi connectivity index (χ0) is 19.6. The van der Waals surface area contributed by atoms with Crippen LogP contribution in [0.2, 0.25) is 0 Å². The van der Waals surface area contributed by atoms with E-state index < -0.39 is 0 Å². The van der Waals surface area contributed by atoms with E-state index in [0.717, 1.165) is 35.8 Å². The highest BCUT2D eigenvalue weighted by atomic mass is 16.5. The molecule has 0 saturated heterocycles. The van der Waals surface area contributed by atoms with Crippen LogP contribution >= 0.6 is 0 Å². The third-order valence-corrected chi connectivity index (χ3v) is 4.46. The Morgan fingerprint density at radius 1 is 1.04 bits per heavy atom. The molecule has 0 heterocycles. The third-order valence-electron chi connectivity index (χ3n) is 4.46. The summed E-state index contributed by atoms with van der Waals surface area (Å²) in [5, 5.41) is 6.27. The van der Waals surface area contributed by atoms with Gasteiger partial charge in [-0.1, -0.05) is 0 Å². The SMILES string of the molecule is CCOc1ccc(NCCC(=O)Nc2ccc(N(CC)CC)cc2C)cc1. The first-order valence-corrected chi connectivity index (χ1v) is 9.69. The van der Waals surface area contributed by atoms with Crippen molar-refractivity contribution in [2.75, 3.05) is 41.8 Å². The fraction of sp³-hybridized carbons (Fsp3) is 0.409. The van der Waals surface area contributed by atoms with E-state index in [1.165, 1.54) is 5.69 Å². The van der Waals surface area contributed by atoms with E-state index in [2.05, 4.69) is 41.5 Å². The van der Waals surface area contributed by atoms with Gasteiger partial charge in [0.05, 0.1) is 6.61 Å². The van der Waals surface area contributed by atoms with Crippen LogP contribution in [0.25, 0.3) is 0 Å². The minimum absolute atomic E-state index is 0.00660. The first-order valence-electron chi connectivity index (χ1n) is 9.69. The van der Waals surface area contributed by atoms with Crippen LogP contribution in [-0.2, 0) is 4.79 Å². The van der Waals surface area contributed by atoms with E-state index in [-0.39, 0.29) is 5.91 Å². The monoisotopic (exact) mass is 369 g/mol. The van der Waals surface area contributed by atoms with Gasteiger partial charge >= 0.3 is 0 Å². The van der Waals surface area contributed by atoms with E-state index >= 15 is 0 Å². The molecule has 5 heteroatoms. The highest BCUT2D eigenvalue weighted by Crippen LogP contribution is 2.23. The van der Waals surface area contributed by atoms with E-state index in [1.54, 1.807) is 0 Å². The minimum Gasteiger partial charge on any atom is -0.494 e. The summed E-state index contributed by atoms with van der Waals surface area (Å²) in [5.41, 5.74) is 4.11. The molecule has 2 rings (SSSR count). The Morgan fingerprint density at radius 2 is 1.74 bits per heavy atom. The van der Waals surface area contributed by atoms with Crippen molar-refractivity contribution in [1.82, 2.24) is 0 Å². The fourth-order valence-electron chi connectivity index (χ4n) is 2.94. The van der Waals surface area contributed by atoms with Gasteiger partial charge in [-0.05, 0) is 75.7 Å². The number of benzene rings is 2. The van der Waals surface area contributed by atoms with Crippen LogP contribution in [0.5, 0.6) is 5.75 Å². The number of anilines is 3. The predicted molar refractivity (Wildman–Crippen MR) is 114 cm³/mol. The molecular weight excluding hydrogens is 338 g/mol. The van der Waals surface area contributed by atoms with E-state index in [1.807, 2.05) is 44.2 Å². The maximum atomic E-state index is 12.2. The standard InChI is InChI=1S/C22H31N3O2/c1-5-25(6-2)19-10-13-21(17(4)16-19)24-22(26)14-15-23-18-8-11-20(12-9-18)27-7-3/h8-13,16,23H,5-7,14-15H2,1-4H3,(H,24,26). The summed E-state index contributed by atoms with van der Waals surface area (Å²) < 4.78 is 5.42. The molecule has 0 radical (unpaired) electrons. The van der Waals surface area contributed by atoms with Gasteiger partial charge in [0.2, 0.25) is 5.91 Å². The lowest BCUT2D eigenvalue weighted by atomic mass is 10.1. The number of aryl methyl sites for hydroxylation is 1. The molecule has 0 saturated carbocycles. The number of amides is 1. The topological polar surface area (TPSA) is 53.6 Å². The molecule has 2 aromatic rings. The molecule has 0 aromatic heterocycles. The summed E-state index contributed by atoms with van der Waals surface area (Å²) >= 11 is 0. The van der Waals surface area contributed by atoms with Crippen molar-refractivity contribution in [2.45, 2.75) is 34.1 Å². The number of carbonyl (C=O) groups excluding carboxylic acids is 1. The molecule has 2 aromatic carbocycles. The molecule has 0 fully saturated rings. The Bertz CT molecular complexity index is 725. The van der Waals surface area contributed by atoms with Crippen molar-refractivity contribution >= 4 is 23.0 Å². The van der Waals surface area contributed by atoms with Crippen LogP contribution in [0, 0.1) is 6.92 Å². The summed E-state index contributed by atoms with van der Waals surface area (Å²) in [6, 6.07) is 13.9. The Kier molecular flexibility index (Phi) is 7.99. The summed E-state index contributed by atoms with van der Waals surface area (Å²) in [6.07, 6.45) is 0.407. The summed E-state index contributed by atoms with van der Waals surface area (Å²) in [6.45, 7) is 11.5. The highest BCUT2D eigenvalue weighted by Gasteiger charge is 2.08. The van der Waals surface area contributed by atoms with Crippen molar-refractivity contribution < 1.29 is 9.53 Å². The predicted octanol–water partition coefficient (Wildman–Crippen LogP) is 4.68. The number of hydrogen-bond acceptors (Lipinski definition) is 4. The quantitative estimate of drug-likeness (QED) is 0.638. The molecular formula is C22H31N3O2. The van der Waals surface area contributed by atoms with Crippen LogP contribution in [0.4, 0.5) is 17.1 Å². The lowest BCUT2D eigenvalue weighted by molar-refractivity contribution is -0.115. The van der Waals surface area contributed by atoms with Gasteiger partial charge in [0.25, 0.3) is 0 Å². The highest BCUT2D eigenvalue weighted by molar-refractivity contribution is 5.92. The minimum atomic E-state index is 0.00660. The molecule has 0 unspecified atom stereocenters. The lowest BCUT2D eigenvalue weighted by Crippen LogP contribution is -2.22. The number of carbonyl (C=O) groups is 1. The van der Waals surface area contributed by atoms with Crippen LogP contribution in [0.3, 0.4) is 0 Å². The molecule has 2 N–H and O–H groups in total. The Hall–Kier alpha value is -2.69. The first-order chi connectivity index (χ1) is 13.1. The molecule has 0 atom stereocenters. The van der Waals surface area contributed by atoms with Gasteiger partial charge in [-0.15, -0.1) is 0 Å². The van der Waals surface area contributed by atoms with Crippen molar-refractivity contribution in [2.24, 2.45) is 0 Å². The molecule has 0 aliphatic rings. The summed E-state index contributed by atoms with van der Waals surface area (Å²) in [5.74, 6) is 0.858.